The zero-order valence-electron chi connectivity index (χ0n) is 16.8. The maximum atomic E-state index is 14.4. The van der Waals surface area contributed by atoms with Gasteiger partial charge in [-0.2, -0.15) is 0 Å². The molecule has 0 radical (unpaired) electrons. The SMILES string of the molecule is COc1ccc(C(C)NC(=O)c2c(C)oc3ncnc(NC4(C)CC4)c23)c(F)c1. The van der Waals surface area contributed by atoms with E-state index in [4.69, 9.17) is 9.15 Å². The average Bonchev–Trinajstić information content (AvgIpc) is 3.29. The van der Waals surface area contributed by atoms with Crippen molar-refractivity contribution in [1.29, 1.82) is 0 Å². The number of hydrogen-bond acceptors (Lipinski definition) is 6. The number of anilines is 1. The highest BCUT2D eigenvalue weighted by atomic mass is 19.1. The van der Waals surface area contributed by atoms with E-state index >= 15 is 0 Å². The molecule has 1 aliphatic rings. The Hall–Kier alpha value is -3.16. The van der Waals surface area contributed by atoms with Gasteiger partial charge in [-0.15, -0.1) is 0 Å². The van der Waals surface area contributed by atoms with Gasteiger partial charge in [0, 0.05) is 17.2 Å². The van der Waals surface area contributed by atoms with E-state index < -0.39 is 11.9 Å². The Kier molecular flexibility index (Phi) is 4.64. The number of nitrogens with zero attached hydrogens (tertiary/aromatic N) is 2. The van der Waals surface area contributed by atoms with Crippen LogP contribution in [0, 0.1) is 12.7 Å². The summed E-state index contributed by atoms with van der Waals surface area (Å²) in [6.45, 7) is 5.53. The Morgan fingerprint density at radius 2 is 2.10 bits per heavy atom. The number of nitrogens with one attached hydrogen (secondary N) is 2. The number of ether oxygens (including phenoxy) is 1. The predicted molar refractivity (Wildman–Crippen MR) is 107 cm³/mol. The molecule has 0 saturated heterocycles. The number of carbonyl (C=O) groups is 1. The molecule has 1 atom stereocenters. The van der Waals surface area contributed by atoms with Crippen LogP contribution in [0.4, 0.5) is 10.2 Å². The van der Waals surface area contributed by atoms with Gasteiger partial charge in [0.2, 0.25) is 5.71 Å². The molecule has 2 aromatic heterocycles. The molecule has 2 heterocycles. The second kappa shape index (κ2) is 7.02. The fourth-order valence-electron chi connectivity index (χ4n) is 3.34. The van der Waals surface area contributed by atoms with E-state index in [1.165, 1.54) is 19.5 Å². The summed E-state index contributed by atoms with van der Waals surface area (Å²) in [7, 11) is 1.47. The van der Waals surface area contributed by atoms with Gasteiger partial charge in [-0.3, -0.25) is 4.79 Å². The minimum Gasteiger partial charge on any atom is -0.497 e. The number of benzene rings is 1. The summed E-state index contributed by atoms with van der Waals surface area (Å²) in [5, 5.41) is 6.78. The minimum atomic E-state index is -0.556. The van der Waals surface area contributed by atoms with Gasteiger partial charge in [0.25, 0.3) is 5.91 Å². The number of amides is 1. The normalized spacial score (nSPS) is 15.8. The molecule has 0 spiro atoms. The molecule has 0 bridgehead atoms. The Bertz CT molecular complexity index is 1090. The number of halogens is 1. The quantitative estimate of drug-likeness (QED) is 0.649. The van der Waals surface area contributed by atoms with Crippen LogP contribution in [0.3, 0.4) is 0 Å². The minimum absolute atomic E-state index is 0.0281. The summed E-state index contributed by atoms with van der Waals surface area (Å²) >= 11 is 0. The lowest BCUT2D eigenvalue weighted by Crippen LogP contribution is -2.28. The van der Waals surface area contributed by atoms with Crippen LogP contribution < -0.4 is 15.4 Å². The lowest BCUT2D eigenvalue weighted by atomic mass is 10.1. The van der Waals surface area contributed by atoms with Crippen molar-refractivity contribution in [3.63, 3.8) is 0 Å². The van der Waals surface area contributed by atoms with Crippen molar-refractivity contribution in [3.05, 3.63) is 47.2 Å². The number of hydrogen-bond donors (Lipinski definition) is 2. The summed E-state index contributed by atoms with van der Waals surface area (Å²) in [5.74, 6) is 0.605. The van der Waals surface area contributed by atoms with Crippen LogP contribution in [-0.2, 0) is 0 Å². The molecule has 1 aliphatic carbocycles. The molecule has 0 aliphatic heterocycles. The number of methoxy groups -OCH3 is 1. The topological polar surface area (TPSA) is 89.3 Å². The van der Waals surface area contributed by atoms with Crippen molar-refractivity contribution in [2.45, 2.75) is 45.2 Å². The van der Waals surface area contributed by atoms with Gasteiger partial charge in [-0.25, -0.2) is 14.4 Å². The van der Waals surface area contributed by atoms with Gasteiger partial charge < -0.3 is 19.8 Å². The molecule has 1 fully saturated rings. The van der Waals surface area contributed by atoms with Gasteiger partial charge in [0.05, 0.1) is 24.1 Å². The van der Waals surface area contributed by atoms with E-state index in [1.807, 2.05) is 0 Å². The number of carbonyl (C=O) groups excluding carboxylic acids is 1. The maximum absolute atomic E-state index is 14.4. The lowest BCUT2D eigenvalue weighted by Gasteiger charge is -2.16. The molecule has 152 valence electrons. The predicted octanol–water partition coefficient (Wildman–Crippen LogP) is 4.13. The largest absolute Gasteiger partial charge is 0.497 e. The Morgan fingerprint density at radius 3 is 2.76 bits per heavy atom. The summed E-state index contributed by atoms with van der Waals surface area (Å²) < 4.78 is 25.1. The smallest absolute Gasteiger partial charge is 0.256 e. The molecule has 1 unspecified atom stereocenters. The van der Waals surface area contributed by atoms with Crippen molar-refractivity contribution >= 4 is 22.8 Å². The second-order valence-electron chi connectivity index (χ2n) is 7.70. The van der Waals surface area contributed by atoms with Crippen LogP contribution >= 0.6 is 0 Å². The third kappa shape index (κ3) is 3.62. The summed E-state index contributed by atoms with van der Waals surface area (Å²) in [6.07, 6.45) is 3.48. The lowest BCUT2D eigenvalue weighted by molar-refractivity contribution is 0.0939. The van der Waals surface area contributed by atoms with Crippen molar-refractivity contribution < 1.29 is 18.3 Å². The number of fused-ring (bicyclic) bond motifs is 1. The molecule has 2 N–H and O–H groups in total. The van der Waals surface area contributed by atoms with E-state index in [-0.39, 0.29) is 11.4 Å². The maximum Gasteiger partial charge on any atom is 0.256 e. The standard InChI is InChI=1S/C21H23FN4O3/c1-11(14-6-5-13(28-4)9-15(14)22)25-19(27)16-12(2)29-20-17(16)18(23-10-24-20)26-21(3)7-8-21/h5-6,9-11H,7-8H2,1-4H3,(H,25,27)(H,23,24,26). The molecule has 7 nitrogen and oxygen atoms in total. The Morgan fingerprint density at radius 1 is 1.34 bits per heavy atom. The van der Waals surface area contributed by atoms with E-state index in [2.05, 4.69) is 27.5 Å². The van der Waals surface area contributed by atoms with Crippen molar-refractivity contribution in [1.82, 2.24) is 15.3 Å². The third-order valence-corrected chi connectivity index (χ3v) is 5.33. The van der Waals surface area contributed by atoms with Crippen LogP contribution in [0.2, 0.25) is 0 Å². The Labute approximate surface area is 167 Å². The molecule has 1 aromatic carbocycles. The fraction of sp³-hybridized carbons (Fsp3) is 0.381. The first kappa shape index (κ1) is 19.2. The number of aryl methyl sites for hydroxylation is 1. The zero-order valence-corrected chi connectivity index (χ0v) is 16.8. The molecule has 29 heavy (non-hydrogen) atoms. The second-order valence-corrected chi connectivity index (χ2v) is 7.70. The van der Waals surface area contributed by atoms with Crippen LogP contribution in [0.25, 0.3) is 11.1 Å². The summed E-state index contributed by atoms with van der Waals surface area (Å²) in [5.41, 5.74) is 1.04. The molecule has 1 amide bonds. The van der Waals surface area contributed by atoms with Crippen molar-refractivity contribution in [3.8, 4) is 5.75 Å². The summed E-state index contributed by atoms with van der Waals surface area (Å²) in [6, 6.07) is 4.00. The average molecular weight is 398 g/mol. The monoisotopic (exact) mass is 398 g/mol. The van der Waals surface area contributed by atoms with Crippen LogP contribution in [-0.4, -0.2) is 28.5 Å². The van der Waals surface area contributed by atoms with E-state index in [1.54, 1.807) is 26.0 Å². The van der Waals surface area contributed by atoms with Crippen LogP contribution in [0.1, 0.15) is 54.4 Å². The van der Waals surface area contributed by atoms with Gasteiger partial charge in [-0.1, -0.05) is 6.07 Å². The van der Waals surface area contributed by atoms with E-state index in [0.29, 0.717) is 39.6 Å². The molecular weight excluding hydrogens is 375 g/mol. The number of furan rings is 1. The zero-order chi connectivity index (χ0) is 20.8. The molecule has 8 heteroatoms. The fourth-order valence-corrected chi connectivity index (χ4v) is 3.34. The molecule has 1 saturated carbocycles. The first-order valence-electron chi connectivity index (χ1n) is 9.48. The van der Waals surface area contributed by atoms with Gasteiger partial charge in [0.1, 0.15) is 29.5 Å². The highest BCUT2D eigenvalue weighted by molar-refractivity contribution is 6.10. The first-order valence-corrected chi connectivity index (χ1v) is 9.48. The van der Waals surface area contributed by atoms with Crippen molar-refractivity contribution in [2.24, 2.45) is 0 Å². The van der Waals surface area contributed by atoms with Gasteiger partial charge in [-0.05, 0) is 39.7 Å². The highest BCUT2D eigenvalue weighted by Gasteiger charge is 2.38. The molecule has 3 aromatic rings. The highest BCUT2D eigenvalue weighted by Crippen LogP contribution is 2.40. The number of aromatic nitrogens is 2. The first-order chi connectivity index (χ1) is 13.8. The van der Waals surface area contributed by atoms with E-state index in [9.17, 15) is 9.18 Å². The van der Waals surface area contributed by atoms with Gasteiger partial charge >= 0.3 is 0 Å². The molecule has 4 rings (SSSR count). The summed E-state index contributed by atoms with van der Waals surface area (Å²) in [4.78, 5) is 21.6. The third-order valence-electron chi connectivity index (χ3n) is 5.33. The van der Waals surface area contributed by atoms with E-state index in [0.717, 1.165) is 12.8 Å². The van der Waals surface area contributed by atoms with Crippen molar-refractivity contribution in [2.75, 3.05) is 12.4 Å². The van der Waals surface area contributed by atoms with Crippen LogP contribution in [0.15, 0.2) is 28.9 Å². The number of rotatable bonds is 6. The molecular formula is C21H23FN4O3. The Balaban J connectivity index is 1.65. The van der Waals surface area contributed by atoms with Gasteiger partial charge in [0.15, 0.2) is 0 Å². The van der Waals surface area contributed by atoms with Crippen LogP contribution in [0.5, 0.6) is 5.75 Å².